The van der Waals surface area contributed by atoms with Crippen molar-refractivity contribution in [3.63, 3.8) is 0 Å². The average Bonchev–Trinajstić information content (AvgIpc) is 2.03. The van der Waals surface area contributed by atoms with Gasteiger partial charge >= 0.3 is 0 Å². The number of hydrogen-bond acceptors (Lipinski definition) is 2. The van der Waals surface area contributed by atoms with Crippen LogP contribution in [0.5, 0.6) is 0 Å². The maximum absolute atomic E-state index is 3.55. The van der Waals surface area contributed by atoms with Crippen molar-refractivity contribution < 1.29 is 0 Å². The van der Waals surface area contributed by atoms with Crippen molar-refractivity contribution in [2.75, 3.05) is 18.6 Å². The van der Waals surface area contributed by atoms with Crippen LogP contribution < -0.4 is 5.32 Å². The molecule has 0 aromatic carbocycles. The molecule has 1 fully saturated rings. The molecule has 1 nitrogen and oxygen atoms in total. The Morgan fingerprint density at radius 2 is 2.00 bits per heavy atom. The Kier molecular flexibility index (Phi) is 5.18. The molecule has 0 saturated heterocycles. The monoisotopic (exact) mass is 201 g/mol. The molecular weight excluding hydrogens is 178 g/mol. The van der Waals surface area contributed by atoms with Crippen molar-refractivity contribution >= 4 is 11.8 Å². The van der Waals surface area contributed by atoms with Crippen LogP contribution in [0.1, 0.15) is 33.1 Å². The van der Waals surface area contributed by atoms with Crippen LogP contribution in [0.15, 0.2) is 0 Å². The molecule has 0 aromatic heterocycles. The van der Waals surface area contributed by atoms with Gasteiger partial charge in [-0.2, -0.15) is 11.8 Å². The SMILES string of the molecule is CSCCC1CCC1CNC(C)C. The normalized spacial score (nSPS) is 27.7. The molecule has 2 atom stereocenters. The van der Waals surface area contributed by atoms with Crippen LogP contribution in [0.3, 0.4) is 0 Å². The summed E-state index contributed by atoms with van der Waals surface area (Å²) in [5.74, 6) is 3.36. The van der Waals surface area contributed by atoms with E-state index in [0.717, 1.165) is 11.8 Å². The van der Waals surface area contributed by atoms with E-state index in [0.29, 0.717) is 6.04 Å². The second-order valence-electron chi connectivity index (χ2n) is 4.44. The smallest absolute Gasteiger partial charge is 0.00104 e. The predicted octanol–water partition coefficient (Wildman–Crippen LogP) is 2.76. The van der Waals surface area contributed by atoms with Gasteiger partial charge in [0.05, 0.1) is 0 Å². The molecule has 1 saturated carbocycles. The molecule has 1 aliphatic rings. The summed E-state index contributed by atoms with van der Waals surface area (Å²) in [6.45, 7) is 5.71. The highest BCUT2D eigenvalue weighted by Crippen LogP contribution is 2.36. The Hall–Kier alpha value is 0.310. The summed E-state index contributed by atoms with van der Waals surface area (Å²) in [7, 11) is 0. The third kappa shape index (κ3) is 3.90. The first-order valence-corrected chi connectivity index (χ1v) is 6.85. The Morgan fingerprint density at radius 3 is 2.46 bits per heavy atom. The minimum Gasteiger partial charge on any atom is -0.314 e. The van der Waals surface area contributed by atoms with Gasteiger partial charge in [-0.3, -0.25) is 0 Å². The van der Waals surface area contributed by atoms with Gasteiger partial charge < -0.3 is 5.32 Å². The van der Waals surface area contributed by atoms with Gasteiger partial charge in [-0.05, 0) is 49.7 Å². The molecule has 1 rings (SSSR count). The number of hydrogen-bond donors (Lipinski definition) is 1. The topological polar surface area (TPSA) is 12.0 Å². The van der Waals surface area contributed by atoms with E-state index in [1.54, 1.807) is 0 Å². The molecule has 0 aliphatic heterocycles. The van der Waals surface area contributed by atoms with Crippen LogP contribution in [-0.4, -0.2) is 24.6 Å². The van der Waals surface area contributed by atoms with Gasteiger partial charge in [-0.1, -0.05) is 13.8 Å². The van der Waals surface area contributed by atoms with Crippen molar-refractivity contribution in [2.24, 2.45) is 11.8 Å². The van der Waals surface area contributed by atoms with Crippen LogP contribution in [0.25, 0.3) is 0 Å². The highest BCUT2D eigenvalue weighted by atomic mass is 32.2. The van der Waals surface area contributed by atoms with Crippen molar-refractivity contribution in [2.45, 2.75) is 39.2 Å². The summed E-state index contributed by atoms with van der Waals surface area (Å²) in [5.41, 5.74) is 0. The predicted molar refractivity (Wildman–Crippen MR) is 62.4 cm³/mol. The van der Waals surface area contributed by atoms with Crippen molar-refractivity contribution in [3.05, 3.63) is 0 Å². The highest BCUT2D eigenvalue weighted by Gasteiger charge is 2.29. The standard InChI is InChI=1S/C11H23NS/c1-9(2)12-8-11-5-4-10(11)6-7-13-3/h9-12H,4-8H2,1-3H3. The third-order valence-electron chi connectivity index (χ3n) is 3.06. The summed E-state index contributed by atoms with van der Waals surface area (Å²) in [4.78, 5) is 0. The Morgan fingerprint density at radius 1 is 1.31 bits per heavy atom. The number of nitrogens with one attached hydrogen (secondary N) is 1. The lowest BCUT2D eigenvalue weighted by Gasteiger charge is -2.37. The largest absolute Gasteiger partial charge is 0.314 e. The van der Waals surface area contributed by atoms with Gasteiger partial charge in [0.25, 0.3) is 0 Å². The third-order valence-corrected chi connectivity index (χ3v) is 3.70. The molecule has 0 radical (unpaired) electrons. The maximum atomic E-state index is 3.55. The second kappa shape index (κ2) is 5.92. The van der Waals surface area contributed by atoms with Crippen molar-refractivity contribution in [3.8, 4) is 0 Å². The molecule has 1 N–H and O–H groups in total. The van der Waals surface area contributed by atoms with E-state index in [1.807, 2.05) is 11.8 Å². The lowest BCUT2D eigenvalue weighted by molar-refractivity contribution is 0.164. The zero-order valence-corrected chi connectivity index (χ0v) is 9.99. The summed E-state index contributed by atoms with van der Waals surface area (Å²) in [6.07, 6.45) is 6.58. The zero-order chi connectivity index (χ0) is 9.68. The lowest BCUT2D eigenvalue weighted by Crippen LogP contribution is -2.38. The summed E-state index contributed by atoms with van der Waals surface area (Å²) in [6, 6.07) is 0.654. The van der Waals surface area contributed by atoms with E-state index < -0.39 is 0 Å². The van der Waals surface area contributed by atoms with Gasteiger partial charge in [0, 0.05) is 6.04 Å². The molecule has 13 heavy (non-hydrogen) atoms. The van der Waals surface area contributed by atoms with Crippen LogP contribution in [0.2, 0.25) is 0 Å². The lowest BCUT2D eigenvalue weighted by atomic mass is 9.72. The molecule has 0 bridgehead atoms. The Bertz CT molecular complexity index is 136. The summed E-state index contributed by atoms with van der Waals surface area (Å²) in [5, 5.41) is 3.55. The Labute approximate surface area is 87.1 Å². The fraction of sp³-hybridized carbons (Fsp3) is 1.00. The highest BCUT2D eigenvalue weighted by molar-refractivity contribution is 7.98. The van der Waals surface area contributed by atoms with E-state index >= 15 is 0 Å². The second-order valence-corrected chi connectivity index (χ2v) is 5.43. The first-order chi connectivity index (χ1) is 6.24. The minimum atomic E-state index is 0.654. The first-order valence-electron chi connectivity index (χ1n) is 5.46. The average molecular weight is 201 g/mol. The van der Waals surface area contributed by atoms with E-state index in [1.165, 1.54) is 31.6 Å². The molecule has 78 valence electrons. The van der Waals surface area contributed by atoms with E-state index in [2.05, 4.69) is 25.4 Å². The van der Waals surface area contributed by atoms with E-state index in [4.69, 9.17) is 0 Å². The van der Waals surface area contributed by atoms with Gasteiger partial charge in [-0.15, -0.1) is 0 Å². The van der Waals surface area contributed by atoms with Crippen LogP contribution in [-0.2, 0) is 0 Å². The zero-order valence-electron chi connectivity index (χ0n) is 9.18. The van der Waals surface area contributed by atoms with Crippen LogP contribution in [0.4, 0.5) is 0 Å². The summed E-state index contributed by atoms with van der Waals surface area (Å²) < 4.78 is 0. The van der Waals surface area contributed by atoms with Gasteiger partial charge in [0.15, 0.2) is 0 Å². The summed E-state index contributed by atoms with van der Waals surface area (Å²) >= 11 is 1.99. The van der Waals surface area contributed by atoms with Gasteiger partial charge in [0.2, 0.25) is 0 Å². The van der Waals surface area contributed by atoms with Crippen LogP contribution >= 0.6 is 11.8 Å². The molecule has 1 aliphatic carbocycles. The van der Waals surface area contributed by atoms with Crippen molar-refractivity contribution in [1.29, 1.82) is 0 Å². The molecule has 2 heteroatoms. The van der Waals surface area contributed by atoms with E-state index in [-0.39, 0.29) is 0 Å². The van der Waals surface area contributed by atoms with Crippen LogP contribution in [0, 0.1) is 11.8 Å². The fourth-order valence-corrected chi connectivity index (χ4v) is 2.48. The Balaban J connectivity index is 2.06. The van der Waals surface area contributed by atoms with Gasteiger partial charge in [-0.25, -0.2) is 0 Å². The molecule has 0 spiro atoms. The fourth-order valence-electron chi connectivity index (χ4n) is 1.94. The molecular formula is C11H23NS. The minimum absolute atomic E-state index is 0.654. The molecule has 0 amide bonds. The van der Waals surface area contributed by atoms with E-state index in [9.17, 15) is 0 Å². The molecule has 0 heterocycles. The number of rotatable bonds is 6. The maximum Gasteiger partial charge on any atom is 0.00104 e. The van der Waals surface area contributed by atoms with Crippen molar-refractivity contribution in [1.82, 2.24) is 5.32 Å². The molecule has 2 unspecified atom stereocenters. The first kappa shape index (κ1) is 11.4. The number of thioether (sulfide) groups is 1. The quantitative estimate of drug-likeness (QED) is 0.709. The molecule has 0 aromatic rings. The van der Waals surface area contributed by atoms with Gasteiger partial charge in [0.1, 0.15) is 0 Å².